The van der Waals surface area contributed by atoms with Crippen molar-refractivity contribution in [3.05, 3.63) is 0 Å². The minimum atomic E-state index is -4.23. The molecule has 0 aromatic rings. The highest BCUT2D eigenvalue weighted by molar-refractivity contribution is 4.75. The van der Waals surface area contributed by atoms with Crippen LogP contribution >= 0.6 is 0 Å². The van der Waals surface area contributed by atoms with Crippen LogP contribution in [0.2, 0.25) is 0 Å². The lowest BCUT2D eigenvalue weighted by Crippen LogP contribution is -2.35. The lowest BCUT2D eigenvalue weighted by Gasteiger charge is -2.22. The van der Waals surface area contributed by atoms with Crippen molar-refractivity contribution in [3.63, 3.8) is 0 Å². The van der Waals surface area contributed by atoms with Gasteiger partial charge in [0.1, 0.15) is 6.61 Å². The summed E-state index contributed by atoms with van der Waals surface area (Å²) in [4.78, 5) is 0. The molecule has 0 saturated carbocycles. The maximum atomic E-state index is 11.6. The summed E-state index contributed by atoms with van der Waals surface area (Å²) in [6.07, 6.45) is -2.17. The highest BCUT2D eigenvalue weighted by Gasteiger charge is 2.27. The molecule has 0 bridgehead atoms. The first kappa shape index (κ1) is 13.7. The summed E-state index contributed by atoms with van der Waals surface area (Å²) >= 11 is 0. The molecule has 0 amide bonds. The standard InChI is InChI=1S/C9H18F3NO/c1-3-8(2,13)5-4-6-14-7-9(10,11)12/h3-7,13H2,1-2H3. The van der Waals surface area contributed by atoms with E-state index in [1.165, 1.54) is 0 Å². The molecule has 0 rings (SSSR count). The minimum absolute atomic E-state index is 0.117. The predicted molar refractivity (Wildman–Crippen MR) is 49.0 cm³/mol. The molecule has 0 aliphatic carbocycles. The zero-order valence-electron chi connectivity index (χ0n) is 8.66. The molecule has 5 heteroatoms. The van der Waals surface area contributed by atoms with Gasteiger partial charge in [-0.2, -0.15) is 13.2 Å². The van der Waals surface area contributed by atoms with Gasteiger partial charge in [0, 0.05) is 12.1 Å². The molecule has 86 valence electrons. The van der Waals surface area contributed by atoms with E-state index < -0.39 is 12.8 Å². The second kappa shape index (κ2) is 5.56. The van der Waals surface area contributed by atoms with Gasteiger partial charge in [-0.3, -0.25) is 0 Å². The Morgan fingerprint density at radius 1 is 1.29 bits per heavy atom. The minimum Gasteiger partial charge on any atom is -0.372 e. The third-order valence-corrected chi connectivity index (χ3v) is 2.11. The van der Waals surface area contributed by atoms with Crippen molar-refractivity contribution in [3.8, 4) is 0 Å². The van der Waals surface area contributed by atoms with E-state index in [9.17, 15) is 13.2 Å². The fourth-order valence-electron chi connectivity index (χ4n) is 0.943. The maximum absolute atomic E-state index is 11.6. The topological polar surface area (TPSA) is 35.2 Å². The predicted octanol–water partition coefficient (Wildman–Crippen LogP) is 2.47. The summed E-state index contributed by atoms with van der Waals surface area (Å²) in [6.45, 7) is 2.79. The Hall–Kier alpha value is -0.290. The monoisotopic (exact) mass is 213 g/mol. The van der Waals surface area contributed by atoms with Gasteiger partial charge in [-0.15, -0.1) is 0 Å². The fourth-order valence-corrected chi connectivity index (χ4v) is 0.943. The van der Waals surface area contributed by atoms with Gasteiger partial charge in [0.2, 0.25) is 0 Å². The van der Waals surface area contributed by atoms with Crippen LogP contribution in [0, 0.1) is 0 Å². The van der Waals surface area contributed by atoms with E-state index in [0.29, 0.717) is 12.8 Å². The first-order valence-corrected chi connectivity index (χ1v) is 4.70. The Labute approximate surface area is 82.6 Å². The van der Waals surface area contributed by atoms with Gasteiger partial charge in [0.25, 0.3) is 0 Å². The zero-order chi connectivity index (χ0) is 11.2. The maximum Gasteiger partial charge on any atom is 0.411 e. The molecule has 1 atom stereocenters. The second-order valence-electron chi connectivity index (χ2n) is 3.78. The van der Waals surface area contributed by atoms with Gasteiger partial charge in [-0.05, 0) is 26.2 Å². The van der Waals surface area contributed by atoms with E-state index >= 15 is 0 Å². The molecule has 2 N–H and O–H groups in total. The zero-order valence-corrected chi connectivity index (χ0v) is 8.66. The van der Waals surface area contributed by atoms with Gasteiger partial charge in [-0.25, -0.2) is 0 Å². The quantitative estimate of drug-likeness (QED) is 0.688. The summed E-state index contributed by atoms with van der Waals surface area (Å²) in [7, 11) is 0. The number of alkyl halides is 3. The molecule has 0 fully saturated rings. The van der Waals surface area contributed by atoms with E-state index in [4.69, 9.17) is 5.73 Å². The molecule has 1 unspecified atom stereocenters. The Morgan fingerprint density at radius 3 is 2.29 bits per heavy atom. The molecule has 0 radical (unpaired) electrons. The van der Waals surface area contributed by atoms with Crippen molar-refractivity contribution in [1.29, 1.82) is 0 Å². The molecule has 14 heavy (non-hydrogen) atoms. The second-order valence-corrected chi connectivity index (χ2v) is 3.78. The summed E-state index contributed by atoms with van der Waals surface area (Å²) in [5.74, 6) is 0. The van der Waals surface area contributed by atoms with E-state index in [-0.39, 0.29) is 12.1 Å². The van der Waals surface area contributed by atoms with Crippen LogP contribution in [0.5, 0.6) is 0 Å². The number of hydrogen-bond acceptors (Lipinski definition) is 2. The van der Waals surface area contributed by atoms with Gasteiger partial charge < -0.3 is 10.5 Å². The van der Waals surface area contributed by atoms with Gasteiger partial charge in [-0.1, -0.05) is 6.92 Å². The third-order valence-electron chi connectivity index (χ3n) is 2.11. The van der Waals surface area contributed by atoms with Crippen LogP contribution in [0.4, 0.5) is 13.2 Å². The number of rotatable bonds is 6. The van der Waals surface area contributed by atoms with E-state index in [1.807, 2.05) is 13.8 Å². The average molecular weight is 213 g/mol. The van der Waals surface area contributed by atoms with Crippen molar-refractivity contribution in [2.24, 2.45) is 5.73 Å². The smallest absolute Gasteiger partial charge is 0.372 e. The van der Waals surface area contributed by atoms with Crippen molar-refractivity contribution in [2.75, 3.05) is 13.2 Å². The molecule has 0 heterocycles. The molecule has 0 saturated heterocycles. The number of halogens is 3. The van der Waals surface area contributed by atoms with Crippen LogP contribution in [-0.4, -0.2) is 24.9 Å². The molecular weight excluding hydrogens is 195 g/mol. The molecular formula is C9H18F3NO. The highest BCUT2D eigenvalue weighted by atomic mass is 19.4. The number of ether oxygens (including phenoxy) is 1. The molecule has 0 aromatic heterocycles. The SMILES string of the molecule is CCC(C)(N)CCCOCC(F)(F)F. The fraction of sp³-hybridized carbons (Fsp3) is 1.00. The summed E-state index contributed by atoms with van der Waals surface area (Å²) in [6, 6.07) is 0. The molecule has 0 spiro atoms. The van der Waals surface area contributed by atoms with E-state index in [0.717, 1.165) is 6.42 Å². The first-order valence-electron chi connectivity index (χ1n) is 4.70. The molecule has 2 nitrogen and oxygen atoms in total. The van der Waals surface area contributed by atoms with Crippen LogP contribution in [0.3, 0.4) is 0 Å². The normalized spacial score (nSPS) is 16.7. The molecule has 0 aliphatic rings. The van der Waals surface area contributed by atoms with Crippen molar-refractivity contribution in [1.82, 2.24) is 0 Å². The summed E-state index contributed by atoms with van der Waals surface area (Å²) in [5.41, 5.74) is 5.52. The first-order chi connectivity index (χ1) is 6.27. The third kappa shape index (κ3) is 8.31. The molecule has 0 aliphatic heterocycles. The van der Waals surface area contributed by atoms with Crippen molar-refractivity contribution < 1.29 is 17.9 Å². The summed E-state index contributed by atoms with van der Waals surface area (Å²) < 4.78 is 39.4. The van der Waals surface area contributed by atoms with E-state index in [1.54, 1.807) is 0 Å². The van der Waals surface area contributed by atoms with Crippen LogP contribution in [0.25, 0.3) is 0 Å². The molecule has 0 aromatic carbocycles. The Bertz CT molecular complexity index is 157. The Morgan fingerprint density at radius 2 is 1.86 bits per heavy atom. The van der Waals surface area contributed by atoms with E-state index in [2.05, 4.69) is 4.74 Å². The largest absolute Gasteiger partial charge is 0.411 e. The summed E-state index contributed by atoms with van der Waals surface area (Å²) in [5, 5.41) is 0. The average Bonchev–Trinajstić information content (AvgIpc) is 2.01. The Kier molecular flexibility index (Phi) is 5.44. The van der Waals surface area contributed by atoms with Gasteiger partial charge >= 0.3 is 6.18 Å². The van der Waals surface area contributed by atoms with Crippen molar-refractivity contribution >= 4 is 0 Å². The Balaban J connectivity index is 3.39. The van der Waals surface area contributed by atoms with Gasteiger partial charge in [0.05, 0.1) is 0 Å². The van der Waals surface area contributed by atoms with Crippen molar-refractivity contribution in [2.45, 2.75) is 44.8 Å². The lowest BCUT2D eigenvalue weighted by atomic mass is 9.94. The van der Waals surface area contributed by atoms with Crippen LogP contribution < -0.4 is 5.73 Å². The van der Waals surface area contributed by atoms with Crippen LogP contribution in [-0.2, 0) is 4.74 Å². The number of nitrogens with two attached hydrogens (primary N) is 1. The number of hydrogen-bond donors (Lipinski definition) is 1. The van der Waals surface area contributed by atoms with Crippen LogP contribution in [0.15, 0.2) is 0 Å². The lowest BCUT2D eigenvalue weighted by molar-refractivity contribution is -0.174. The highest BCUT2D eigenvalue weighted by Crippen LogP contribution is 2.16. The van der Waals surface area contributed by atoms with Crippen LogP contribution in [0.1, 0.15) is 33.1 Å². The van der Waals surface area contributed by atoms with Gasteiger partial charge in [0.15, 0.2) is 0 Å².